The van der Waals surface area contributed by atoms with Crippen molar-refractivity contribution in [2.24, 2.45) is 0 Å². The Bertz CT molecular complexity index is 937. The van der Waals surface area contributed by atoms with E-state index in [9.17, 15) is 9.59 Å². The van der Waals surface area contributed by atoms with Crippen LogP contribution in [0.5, 0.6) is 0 Å². The number of hydrogen-bond acceptors (Lipinski definition) is 4. The predicted molar refractivity (Wildman–Crippen MR) is 90.5 cm³/mol. The van der Waals surface area contributed by atoms with Crippen LogP contribution >= 0.6 is 0 Å². The second-order valence-electron chi connectivity index (χ2n) is 5.47. The molecule has 0 N–H and O–H groups in total. The maximum absolute atomic E-state index is 12.4. The van der Waals surface area contributed by atoms with Crippen molar-refractivity contribution in [1.29, 1.82) is 0 Å². The first-order valence-electron chi connectivity index (χ1n) is 7.51. The van der Waals surface area contributed by atoms with Gasteiger partial charge in [-0.05, 0) is 6.08 Å². The molecular weight excluding hydrogens is 300 g/mol. The van der Waals surface area contributed by atoms with Crippen molar-refractivity contribution >= 4 is 17.6 Å². The summed E-state index contributed by atoms with van der Waals surface area (Å²) in [5, 5.41) is 0. The van der Waals surface area contributed by atoms with Crippen molar-refractivity contribution in [1.82, 2.24) is 9.97 Å². The fraction of sp³-hybridized carbons (Fsp3) is 0. The Morgan fingerprint density at radius 2 is 1.25 bits per heavy atom. The zero-order valence-corrected chi connectivity index (χ0v) is 12.6. The number of fused-ring (bicyclic) bond motifs is 1. The van der Waals surface area contributed by atoms with Crippen LogP contribution in [0.1, 0.15) is 26.3 Å². The van der Waals surface area contributed by atoms with Gasteiger partial charge in [0.15, 0.2) is 17.4 Å². The van der Waals surface area contributed by atoms with Gasteiger partial charge in [-0.15, -0.1) is 0 Å². The lowest BCUT2D eigenvalue weighted by Crippen LogP contribution is -2.00. The van der Waals surface area contributed by atoms with Crippen LogP contribution in [0, 0.1) is 0 Å². The molecule has 3 aromatic rings. The molecule has 1 aliphatic rings. The summed E-state index contributed by atoms with van der Waals surface area (Å²) >= 11 is 0. The average molecular weight is 312 g/mol. The van der Waals surface area contributed by atoms with Crippen LogP contribution in [-0.2, 0) is 0 Å². The summed E-state index contributed by atoms with van der Waals surface area (Å²) in [5.41, 5.74) is 2.61. The molecule has 0 bridgehead atoms. The highest BCUT2D eigenvalue weighted by Gasteiger charge is 2.32. The Morgan fingerprint density at radius 3 is 1.83 bits per heavy atom. The zero-order valence-electron chi connectivity index (χ0n) is 12.6. The third kappa shape index (κ3) is 2.34. The van der Waals surface area contributed by atoms with Crippen LogP contribution in [-0.4, -0.2) is 21.5 Å². The van der Waals surface area contributed by atoms with E-state index in [0.29, 0.717) is 22.5 Å². The number of ketones is 2. The summed E-state index contributed by atoms with van der Waals surface area (Å²) in [6.07, 6.45) is 4.79. The first-order chi connectivity index (χ1) is 11.7. The molecule has 0 unspecified atom stereocenters. The number of carbonyl (C=O) groups excluding carboxylic acids is 2. The van der Waals surface area contributed by atoms with Crippen molar-refractivity contribution < 1.29 is 9.59 Å². The molecule has 4 heteroatoms. The van der Waals surface area contributed by atoms with Crippen LogP contribution in [0.2, 0.25) is 0 Å². The molecule has 1 aliphatic carbocycles. The van der Waals surface area contributed by atoms with E-state index >= 15 is 0 Å². The van der Waals surface area contributed by atoms with Gasteiger partial charge in [-0.3, -0.25) is 9.59 Å². The summed E-state index contributed by atoms with van der Waals surface area (Å²) in [7, 11) is 0. The molecule has 1 heterocycles. The van der Waals surface area contributed by atoms with Crippen molar-refractivity contribution in [2.75, 3.05) is 0 Å². The average Bonchev–Trinajstić information content (AvgIpc) is 2.88. The minimum absolute atomic E-state index is 0.160. The van der Waals surface area contributed by atoms with Crippen LogP contribution in [0.25, 0.3) is 17.5 Å². The molecule has 0 atom stereocenters. The number of hydrogen-bond donors (Lipinski definition) is 0. The van der Waals surface area contributed by atoms with Crippen molar-refractivity contribution in [3.05, 3.63) is 89.3 Å². The third-order valence-electron chi connectivity index (χ3n) is 3.92. The summed E-state index contributed by atoms with van der Waals surface area (Å²) in [6, 6.07) is 16.5. The van der Waals surface area contributed by atoms with Crippen LogP contribution < -0.4 is 0 Å². The summed E-state index contributed by atoms with van der Waals surface area (Å²) in [4.78, 5) is 33.4. The van der Waals surface area contributed by atoms with Gasteiger partial charge in [0.1, 0.15) is 0 Å². The van der Waals surface area contributed by atoms with E-state index in [0.717, 1.165) is 5.56 Å². The van der Waals surface area contributed by atoms with E-state index < -0.39 is 0 Å². The van der Waals surface area contributed by atoms with Crippen molar-refractivity contribution in [3.63, 3.8) is 0 Å². The smallest absolute Gasteiger partial charge is 0.197 e. The molecular formula is C20H12N2O2. The number of nitrogens with zero attached hydrogens (tertiary/aromatic N) is 2. The van der Waals surface area contributed by atoms with Crippen LogP contribution in [0.4, 0.5) is 0 Å². The summed E-state index contributed by atoms with van der Waals surface area (Å²) in [5.74, 6) is 0.107. The second kappa shape index (κ2) is 5.66. The van der Waals surface area contributed by atoms with Crippen LogP contribution in [0.15, 0.2) is 72.6 Å². The third-order valence-corrected chi connectivity index (χ3v) is 3.92. The molecule has 4 nitrogen and oxygen atoms in total. The number of carbonyl (C=O) groups is 2. The van der Waals surface area contributed by atoms with Gasteiger partial charge in [-0.1, -0.05) is 54.6 Å². The molecule has 0 saturated heterocycles. The van der Waals surface area contributed by atoms with E-state index in [1.54, 1.807) is 42.7 Å². The quantitative estimate of drug-likeness (QED) is 0.536. The number of Topliss-reactive ketones (excluding diaryl/α,β-unsaturated/α-hetero) is 2. The summed E-state index contributed by atoms with van der Waals surface area (Å²) in [6.45, 7) is 0. The summed E-state index contributed by atoms with van der Waals surface area (Å²) < 4.78 is 0. The van der Waals surface area contributed by atoms with Gasteiger partial charge in [0.05, 0.1) is 5.57 Å². The molecule has 1 aromatic heterocycles. The van der Waals surface area contributed by atoms with Gasteiger partial charge in [0, 0.05) is 34.6 Å². The van der Waals surface area contributed by atoms with Gasteiger partial charge in [-0.25, -0.2) is 9.97 Å². The maximum atomic E-state index is 12.4. The topological polar surface area (TPSA) is 59.9 Å². The highest BCUT2D eigenvalue weighted by molar-refractivity contribution is 6.41. The highest BCUT2D eigenvalue weighted by Crippen LogP contribution is 2.27. The van der Waals surface area contributed by atoms with E-state index in [1.807, 2.05) is 30.3 Å². The number of aromatic nitrogens is 2. The molecule has 0 saturated carbocycles. The first kappa shape index (κ1) is 14.2. The van der Waals surface area contributed by atoms with Crippen LogP contribution in [0.3, 0.4) is 0 Å². The van der Waals surface area contributed by atoms with E-state index in [2.05, 4.69) is 9.97 Å². The van der Waals surface area contributed by atoms with Gasteiger partial charge in [-0.2, -0.15) is 0 Å². The van der Waals surface area contributed by atoms with E-state index in [-0.39, 0.29) is 17.1 Å². The lowest BCUT2D eigenvalue weighted by atomic mass is 10.1. The first-order valence-corrected chi connectivity index (χ1v) is 7.51. The zero-order chi connectivity index (χ0) is 16.5. The van der Waals surface area contributed by atoms with Crippen molar-refractivity contribution in [2.45, 2.75) is 0 Å². The predicted octanol–water partition coefficient (Wildman–Crippen LogP) is 3.61. The second-order valence-corrected chi connectivity index (χ2v) is 5.47. The Hall–Kier alpha value is -3.40. The Labute approximate surface area is 138 Å². The maximum Gasteiger partial charge on any atom is 0.197 e. The fourth-order valence-electron chi connectivity index (χ4n) is 2.72. The molecule has 114 valence electrons. The molecule has 0 aliphatic heterocycles. The Kier molecular flexibility index (Phi) is 3.35. The SMILES string of the molecule is O=C1C(=Cc2cnc(-c3ccccc3)nc2)C(=O)c2ccccc21. The number of rotatable bonds is 2. The molecule has 0 amide bonds. The van der Waals surface area contributed by atoms with Gasteiger partial charge >= 0.3 is 0 Å². The van der Waals surface area contributed by atoms with Crippen molar-refractivity contribution in [3.8, 4) is 11.4 Å². The lowest BCUT2D eigenvalue weighted by Gasteiger charge is -2.00. The number of allylic oxidation sites excluding steroid dienone is 1. The molecule has 24 heavy (non-hydrogen) atoms. The minimum Gasteiger partial charge on any atom is -0.288 e. The van der Waals surface area contributed by atoms with Gasteiger partial charge < -0.3 is 0 Å². The van der Waals surface area contributed by atoms with Gasteiger partial charge in [0.2, 0.25) is 0 Å². The van der Waals surface area contributed by atoms with E-state index in [4.69, 9.17) is 0 Å². The largest absolute Gasteiger partial charge is 0.288 e. The number of benzene rings is 2. The van der Waals surface area contributed by atoms with Gasteiger partial charge in [0.25, 0.3) is 0 Å². The lowest BCUT2D eigenvalue weighted by molar-refractivity contribution is 0.0990. The minimum atomic E-state index is -0.247. The van der Waals surface area contributed by atoms with E-state index in [1.165, 1.54) is 0 Å². The molecule has 0 fully saturated rings. The molecule has 2 aromatic carbocycles. The normalized spacial score (nSPS) is 13.1. The standard InChI is InChI=1S/C20H12N2O2/c23-18-15-8-4-5-9-16(15)19(24)17(18)10-13-11-21-20(22-12-13)14-6-2-1-3-7-14/h1-12H. The monoisotopic (exact) mass is 312 g/mol. The highest BCUT2D eigenvalue weighted by atomic mass is 16.2. The fourth-order valence-corrected chi connectivity index (χ4v) is 2.72. The Balaban J connectivity index is 1.68. The molecule has 0 spiro atoms. The molecule has 0 radical (unpaired) electrons. The molecule has 4 rings (SSSR count). The Morgan fingerprint density at radius 1 is 0.708 bits per heavy atom.